The maximum absolute atomic E-state index is 12.0. The highest BCUT2D eigenvalue weighted by molar-refractivity contribution is 6.00. The van der Waals surface area contributed by atoms with Crippen molar-refractivity contribution in [2.45, 2.75) is 6.42 Å². The lowest BCUT2D eigenvalue weighted by atomic mass is 10.3. The monoisotopic (exact) mass is 305 g/mol. The second-order valence-corrected chi connectivity index (χ2v) is 4.94. The van der Waals surface area contributed by atoms with Crippen molar-refractivity contribution < 1.29 is 19.1 Å². The number of para-hydroxylation sites is 1. The molecule has 7 heteroatoms. The molecule has 0 aliphatic carbocycles. The average molecular weight is 305 g/mol. The van der Waals surface area contributed by atoms with Gasteiger partial charge in [-0.2, -0.15) is 0 Å². The molecule has 0 unspecified atom stereocenters. The zero-order chi connectivity index (χ0) is 15.9. The first-order chi connectivity index (χ1) is 10.6. The molecule has 1 heterocycles. The molecule has 1 aliphatic rings. The van der Waals surface area contributed by atoms with Crippen molar-refractivity contribution in [1.82, 2.24) is 15.1 Å². The summed E-state index contributed by atoms with van der Waals surface area (Å²) >= 11 is 0. The molecule has 0 atom stereocenters. The van der Waals surface area contributed by atoms with E-state index in [0.717, 1.165) is 10.6 Å². The minimum atomic E-state index is -0.515. The van der Waals surface area contributed by atoms with Crippen LogP contribution in [0.25, 0.3) is 0 Å². The van der Waals surface area contributed by atoms with Gasteiger partial charge in [0.25, 0.3) is 0 Å². The van der Waals surface area contributed by atoms with E-state index >= 15 is 0 Å². The van der Waals surface area contributed by atoms with Crippen molar-refractivity contribution in [3.63, 3.8) is 0 Å². The second-order valence-electron chi connectivity index (χ2n) is 4.94. The Morgan fingerprint density at radius 3 is 2.73 bits per heavy atom. The molecule has 2 rings (SSSR count). The van der Waals surface area contributed by atoms with Gasteiger partial charge in [-0.25, -0.2) is 4.79 Å². The molecule has 0 saturated carbocycles. The number of carbonyl (C=O) groups excluding carboxylic acids is 3. The number of likely N-dealkylation sites (N-methyl/N-ethyl adjacent to an activating group) is 1. The molecule has 1 aromatic rings. The predicted molar refractivity (Wildman–Crippen MR) is 79.3 cm³/mol. The van der Waals surface area contributed by atoms with E-state index in [1.165, 1.54) is 4.90 Å². The lowest BCUT2D eigenvalue weighted by molar-refractivity contribution is -0.138. The Morgan fingerprint density at radius 2 is 2.05 bits per heavy atom. The van der Waals surface area contributed by atoms with Gasteiger partial charge in [-0.1, -0.05) is 18.2 Å². The van der Waals surface area contributed by atoms with Gasteiger partial charge in [0.1, 0.15) is 18.9 Å². The number of nitrogens with zero attached hydrogens (tertiary/aromatic N) is 2. The van der Waals surface area contributed by atoms with Crippen LogP contribution in [0.3, 0.4) is 0 Å². The van der Waals surface area contributed by atoms with Crippen LogP contribution >= 0.6 is 0 Å². The van der Waals surface area contributed by atoms with E-state index in [1.807, 2.05) is 30.3 Å². The standard InChI is InChI=1S/C15H19N3O4/c1-17(9-10-22-12-5-3-2-4-6-12)14(20)11-18-13(19)7-8-16-15(18)21/h2-6H,7-11H2,1H3,(H,16,21). The van der Waals surface area contributed by atoms with Gasteiger partial charge in [-0.15, -0.1) is 0 Å². The predicted octanol–water partition coefficient (Wildman–Crippen LogP) is 0.466. The van der Waals surface area contributed by atoms with E-state index < -0.39 is 6.03 Å². The van der Waals surface area contributed by atoms with Crippen LogP contribution in [0.2, 0.25) is 0 Å². The molecule has 22 heavy (non-hydrogen) atoms. The summed E-state index contributed by atoms with van der Waals surface area (Å²) in [7, 11) is 1.61. The molecular formula is C15H19N3O4. The van der Waals surface area contributed by atoms with E-state index in [1.54, 1.807) is 7.05 Å². The van der Waals surface area contributed by atoms with E-state index in [0.29, 0.717) is 19.7 Å². The van der Waals surface area contributed by atoms with E-state index in [9.17, 15) is 14.4 Å². The Kier molecular flexibility index (Phi) is 5.35. The summed E-state index contributed by atoms with van der Waals surface area (Å²) in [6.07, 6.45) is 0.222. The summed E-state index contributed by atoms with van der Waals surface area (Å²) in [5.74, 6) is 0.0991. The maximum atomic E-state index is 12.0. The smallest absolute Gasteiger partial charge is 0.324 e. The van der Waals surface area contributed by atoms with Crippen LogP contribution in [-0.2, 0) is 9.59 Å². The van der Waals surface area contributed by atoms with Gasteiger partial charge in [0.05, 0.1) is 6.54 Å². The third-order valence-electron chi connectivity index (χ3n) is 3.32. The van der Waals surface area contributed by atoms with E-state index in [-0.39, 0.29) is 24.8 Å². The Bertz CT molecular complexity index is 531. The van der Waals surface area contributed by atoms with Crippen LogP contribution in [0.1, 0.15) is 6.42 Å². The number of ether oxygens (including phenoxy) is 1. The van der Waals surface area contributed by atoms with Crippen LogP contribution in [0.5, 0.6) is 5.75 Å². The number of nitrogens with one attached hydrogen (secondary N) is 1. The Hall–Kier alpha value is -2.57. The van der Waals surface area contributed by atoms with Crippen LogP contribution in [0, 0.1) is 0 Å². The zero-order valence-electron chi connectivity index (χ0n) is 12.4. The van der Waals surface area contributed by atoms with Gasteiger partial charge in [0, 0.05) is 20.0 Å². The molecule has 1 saturated heterocycles. The third-order valence-corrected chi connectivity index (χ3v) is 3.32. The lowest BCUT2D eigenvalue weighted by Gasteiger charge is -2.27. The van der Waals surface area contributed by atoms with Crippen molar-refractivity contribution in [2.24, 2.45) is 0 Å². The summed E-state index contributed by atoms with van der Waals surface area (Å²) in [5.41, 5.74) is 0. The first-order valence-electron chi connectivity index (χ1n) is 7.08. The SMILES string of the molecule is CN(CCOc1ccccc1)C(=O)CN1C(=O)CCNC1=O. The quantitative estimate of drug-likeness (QED) is 0.828. The highest BCUT2D eigenvalue weighted by Crippen LogP contribution is 2.08. The molecule has 0 spiro atoms. The van der Waals surface area contributed by atoms with Gasteiger partial charge in [0.15, 0.2) is 0 Å². The van der Waals surface area contributed by atoms with E-state index in [2.05, 4.69) is 5.32 Å². The van der Waals surface area contributed by atoms with Gasteiger partial charge in [-0.05, 0) is 12.1 Å². The maximum Gasteiger partial charge on any atom is 0.324 e. The molecule has 0 radical (unpaired) electrons. The molecule has 1 aliphatic heterocycles. The summed E-state index contributed by atoms with van der Waals surface area (Å²) in [6, 6.07) is 8.77. The number of amides is 4. The lowest BCUT2D eigenvalue weighted by Crippen LogP contribution is -2.53. The molecule has 1 aromatic carbocycles. The van der Waals surface area contributed by atoms with Gasteiger partial charge >= 0.3 is 6.03 Å². The average Bonchev–Trinajstić information content (AvgIpc) is 2.52. The van der Waals surface area contributed by atoms with Crippen LogP contribution in [0.4, 0.5) is 4.79 Å². The second kappa shape index (κ2) is 7.44. The highest BCUT2D eigenvalue weighted by atomic mass is 16.5. The molecule has 1 N–H and O–H groups in total. The normalized spacial score (nSPS) is 14.5. The first-order valence-corrected chi connectivity index (χ1v) is 7.08. The van der Waals surface area contributed by atoms with Crippen LogP contribution < -0.4 is 10.1 Å². The minimum Gasteiger partial charge on any atom is -0.492 e. The number of hydrogen-bond donors (Lipinski definition) is 1. The molecule has 0 aromatic heterocycles. The largest absolute Gasteiger partial charge is 0.492 e. The summed E-state index contributed by atoms with van der Waals surface area (Å²) in [5, 5.41) is 2.54. The molecule has 4 amide bonds. The Morgan fingerprint density at radius 1 is 1.32 bits per heavy atom. The summed E-state index contributed by atoms with van der Waals surface area (Å²) in [4.78, 5) is 37.6. The molecule has 7 nitrogen and oxygen atoms in total. The number of hydrogen-bond acceptors (Lipinski definition) is 4. The molecular weight excluding hydrogens is 286 g/mol. The van der Waals surface area contributed by atoms with Gasteiger partial charge in [-0.3, -0.25) is 14.5 Å². The van der Waals surface area contributed by atoms with Crippen molar-refractivity contribution in [3.8, 4) is 5.75 Å². The molecule has 118 valence electrons. The Labute approximate surface area is 128 Å². The van der Waals surface area contributed by atoms with E-state index in [4.69, 9.17) is 4.74 Å². The fraction of sp³-hybridized carbons (Fsp3) is 0.400. The number of urea groups is 1. The van der Waals surface area contributed by atoms with Crippen molar-refractivity contribution in [1.29, 1.82) is 0 Å². The minimum absolute atomic E-state index is 0.222. The van der Waals surface area contributed by atoms with Gasteiger partial charge in [0.2, 0.25) is 11.8 Å². The fourth-order valence-corrected chi connectivity index (χ4v) is 1.98. The number of carbonyl (C=O) groups is 3. The van der Waals surface area contributed by atoms with Crippen LogP contribution in [-0.4, -0.2) is 60.9 Å². The summed E-state index contributed by atoms with van der Waals surface area (Å²) < 4.78 is 5.51. The topological polar surface area (TPSA) is 79.0 Å². The van der Waals surface area contributed by atoms with Crippen LogP contribution in [0.15, 0.2) is 30.3 Å². The van der Waals surface area contributed by atoms with Crippen molar-refractivity contribution in [3.05, 3.63) is 30.3 Å². The first kappa shape index (κ1) is 15.8. The number of benzene rings is 1. The van der Waals surface area contributed by atoms with Crippen molar-refractivity contribution in [2.75, 3.05) is 33.3 Å². The highest BCUT2D eigenvalue weighted by Gasteiger charge is 2.28. The van der Waals surface area contributed by atoms with Gasteiger partial charge < -0.3 is 15.0 Å². The number of imide groups is 1. The fourth-order valence-electron chi connectivity index (χ4n) is 1.98. The number of rotatable bonds is 6. The van der Waals surface area contributed by atoms with Crippen molar-refractivity contribution >= 4 is 17.8 Å². The summed E-state index contributed by atoms with van der Waals surface area (Å²) in [6.45, 7) is 0.791. The molecule has 1 fully saturated rings. The Balaban J connectivity index is 1.77. The zero-order valence-corrected chi connectivity index (χ0v) is 12.4. The third kappa shape index (κ3) is 4.21. The molecule has 0 bridgehead atoms.